The third-order valence-electron chi connectivity index (χ3n) is 3.96. The molecule has 1 heterocycles. The molecule has 7 nitrogen and oxygen atoms in total. The molecule has 2 aromatic carbocycles. The van der Waals surface area contributed by atoms with Gasteiger partial charge in [-0.15, -0.1) is 0 Å². The lowest BCUT2D eigenvalue weighted by atomic mass is 10.2. The minimum atomic E-state index is -0.823. The van der Waals surface area contributed by atoms with Crippen LogP contribution in [0.15, 0.2) is 53.0 Å². The minimum Gasteiger partial charge on any atom is -0.497 e. The SMILES string of the molecule is COc1ccc(N2C(=O)C[C@@H](NNC(=O)c3ccccc3Br)C2=O)cc1. The van der Waals surface area contributed by atoms with Crippen LogP contribution in [0.25, 0.3) is 0 Å². The first-order valence-corrected chi connectivity index (χ1v) is 8.62. The maximum Gasteiger partial charge on any atom is 0.266 e. The van der Waals surface area contributed by atoms with Gasteiger partial charge in [0.25, 0.3) is 11.8 Å². The highest BCUT2D eigenvalue weighted by Crippen LogP contribution is 2.25. The number of methoxy groups -OCH3 is 1. The summed E-state index contributed by atoms with van der Waals surface area (Å²) >= 11 is 3.30. The lowest BCUT2D eigenvalue weighted by Gasteiger charge is -2.16. The second-order valence-electron chi connectivity index (χ2n) is 5.60. The average Bonchev–Trinajstić information content (AvgIpc) is 2.93. The van der Waals surface area contributed by atoms with E-state index in [-0.39, 0.29) is 12.3 Å². The Balaban J connectivity index is 1.67. The molecule has 0 bridgehead atoms. The Morgan fingerprint density at radius 2 is 1.85 bits per heavy atom. The number of hydrazine groups is 1. The van der Waals surface area contributed by atoms with E-state index in [1.165, 1.54) is 7.11 Å². The van der Waals surface area contributed by atoms with Gasteiger partial charge < -0.3 is 4.74 Å². The fraction of sp³-hybridized carbons (Fsp3) is 0.167. The summed E-state index contributed by atoms with van der Waals surface area (Å²) in [4.78, 5) is 38.1. The third-order valence-corrected chi connectivity index (χ3v) is 4.65. The number of carbonyl (C=O) groups excluding carboxylic acids is 3. The molecule has 1 saturated heterocycles. The molecule has 0 aliphatic carbocycles. The highest BCUT2D eigenvalue weighted by atomic mass is 79.9. The van der Waals surface area contributed by atoms with Crippen LogP contribution in [0.5, 0.6) is 5.75 Å². The maximum atomic E-state index is 12.5. The van der Waals surface area contributed by atoms with Crippen molar-refractivity contribution in [2.75, 3.05) is 12.0 Å². The molecule has 3 rings (SSSR count). The monoisotopic (exact) mass is 417 g/mol. The van der Waals surface area contributed by atoms with Crippen LogP contribution in [-0.4, -0.2) is 30.9 Å². The van der Waals surface area contributed by atoms with Gasteiger partial charge in [-0.2, -0.15) is 0 Å². The minimum absolute atomic E-state index is 0.0406. The van der Waals surface area contributed by atoms with Gasteiger partial charge in [0.2, 0.25) is 5.91 Å². The van der Waals surface area contributed by atoms with E-state index in [9.17, 15) is 14.4 Å². The topological polar surface area (TPSA) is 87.7 Å². The van der Waals surface area contributed by atoms with Crippen LogP contribution in [0.4, 0.5) is 5.69 Å². The number of nitrogens with zero attached hydrogens (tertiary/aromatic N) is 1. The Kier molecular flexibility index (Phi) is 5.34. The molecule has 1 atom stereocenters. The molecule has 0 spiro atoms. The number of anilines is 1. The molecule has 3 amide bonds. The molecule has 0 saturated carbocycles. The van der Waals surface area contributed by atoms with Gasteiger partial charge in [0.15, 0.2) is 0 Å². The van der Waals surface area contributed by atoms with Gasteiger partial charge in [0.05, 0.1) is 24.8 Å². The number of hydrogen-bond donors (Lipinski definition) is 2. The summed E-state index contributed by atoms with van der Waals surface area (Å²) in [5.74, 6) is -0.538. The van der Waals surface area contributed by atoms with Crippen LogP contribution in [0.3, 0.4) is 0 Å². The number of imide groups is 1. The summed E-state index contributed by atoms with van der Waals surface area (Å²) < 4.78 is 5.70. The predicted molar refractivity (Wildman–Crippen MR) is 98.6 cm³/mol. The van der Waals surface area contributed by atoms with Gasteiger partial charge >= 0.3 is 0 Å². The molecule has 1 fully saturated rings. The van der Waals surface area contributed by atoms with Gasteiger partial charge in [-0.1, -0.05) is 12.1 Å². The van der Waals surface area contributed by atoms with Crippen LogP contribution >= 0.6 is 15.9 Å². The fourth-order valence-corrected chi connectivity index (χ4v) is 3.08. The van der Waals surface area contributed by atoms with Crippen LogP contribution in [-0.2, 0) is 9.59 Å². The van der Waals surface area contributed by atoms with Gasteiger partial charge in [0.1, 0.15) is 11.8 Å². The van der Waals surface area contributed by atoms with Crippen molar-refractivity contribution < 1.29 is 19.1 Å². The average molecular weight is 418 g/mol. The van der Waals surface area contributed by atoms with Crippen molar-refractivity contribution in [3.63, 3.8) is 0 Å². The molecule has 0 unspecified atom stereocenters. The molecule has 0 radical (unpaired) electrons. The van der Waals surface area contributed by atoms with Crippen molar-refractivity contribution in [2.45, 2.75) is 12.5 Å². The number of nitrogens with one attached hydrogen (secondary N) is 2. The first kappa shape index (κ1) is 18.1. The molecule has 26 heavy (non-hydrogen) atoms. The number of carbonyl (C=O) groups is 3. The molecule has 2 N–H and O–H groups in total. The molecule has 0 aromatic heterocycles. The molecule has 8 heteroatoms. The van der Waals surface area contributed by atoms with Crippen molar-refractivity contribution in [1.82, 2.24) is 10.9 Å². The molecule has 2 aromatic rings. The quantitative estimate of drug-likeness (QED) is 0.573. The van der Waals surface area contributed by atoms with Crippen molar-refractivity contribution in [3.05, 3.63) is 58.6 Å². The maximum absolute atomic E-state index is 12.5. The molecular formula is C18H16BrN3O4. The highest BCUT2D eigenvalue weighted by Gasteiger charge is 2.39. The van der Waals surface area contributed by atoms with E-state index < -0.39 is 17.9 Å². The Hall–Kier alpha value is -2.71. The Labute approximate surface area is 158 Å². The van der Waals surface area contributed by atoms with Gasteiger partial charge in [-0.3, -0.25) is 19.8 Å². The summed E-state index contributed by atoms with van der Waals surface area (Å²) in [5.41, 5.74) is 6.02. The van der Waals surface area contributed by atoms with Crippen molar-refractivity contribution in [2.24, 2.45) is 0 Å². The van der Waals surface area contributed by atoms with E-state index in [2.05, 4.69) is 26.8 Å². The Bertz CT molecular complexity index is 854. The molecular weight excluding hydrogens is 402 g/mol. The normalized spacial score (nSPS) is 16.7. The summed E-state index contributed by atoms with van der Waals surface area (Å²) in [7, 11) is 1.54. The predicted octanol–water partition coefficient (Wildman–Crippen LogP) is 2.02. The number of ether oxygens (including phenoxy) is 1. The lowest BCUT2D eigenvalue weighted by Crippen LogP contribution is -2.48. The number of halogens is 1. The van der Waals surface area contributed by atoms with E-state index in [4.69, 9.17) is 4.74 Å². The summed E-state index contributed by atoms with van der Waals surface area (Å²) in [5, 5.41) is 0. The summed E-state index contributed by atoms with van der Waals surface area (Å²) in [6.07, 6.45) is -0.0406. The summed E-state index contributed by atoms with van der Waals surface area (Å²) in [6.45, 7) is 0. The molecule has 1 aliphatic heterocycles. The number of rotatable bonds is 5. The first-order chi connectivity index (χ1) is 12.5. The fourth-order valence-electron chi connectivity index (χ4n) is 2.61. The first-order valence-electron chi connectivity index (χ1n) is 7.82. The van der Waals surface area contributed by atoms with Crippen LogP contribution in [0.1, 0.15) is 16.8 Å². The van der Waals surface area contributed by atoms with E-state index >= 15 is 0 Å². The van der Waals surface area contributed by atoms with Crippen molar-refractivity contribution >= 4 is 39.3 Å². The second kappa shape index (κ2) is 7.67. The van der Waals surface area contributed by atoms with Crippen LogP contribution in [0.2, 0.25) is 0 Å². The van der Waals surface area contributed by atoms with Crippen LogP contribution < -0.4 is 20.5 Å². The van der Waals surface area contributed by atoms with Crippen molar-refractivity contribution in [3.8, 4) is 5.75 Å². The van der Waals surface area contributed by atoms with E-state index in [1.807, 2.05) is 0 Å². The van der Waals surface area contributed by atoms with Crippen molar-refractivity contribution in [1.29, 1.82) is 0 Å². The number of hydrogen-bond acceptors (Lipinski definition) is 5. The van der Waals surface area contributed by atoms with Crippen LogP contribution in [0, 0.1) is 0 Å². The summed E-state index contributed by atoms with van der Waals surface area (Å²) in [6, 6.07) is 12.7. The zero-order valence-electron chi connectivity index (χ0n) is 13.9. The largest absolute Gasteiger partial charge is 0.497 e. The molecule has 134 valence electrons. The second-order valence-corrected chi connectivity index (χ2v) is 6.45. The van der Waals surface area contributed by atoms with E-state index in [0.29, 0.717) is 21.5 Å². The van der Waals surface area contributed by atoms with E-state index in [0.717, 1.165) is 4.90 Å². The zero-order valence-corrected chi connectivity index (χ0v) is 15.4. The smallest absolute Gasteiger partial charge is 0.266 e. The zero-order chi connectivity index (χ0) is 18.7. The lowest BCUT2D eigenvalue weighted by molar-refractivity contribution is -0.121. The Morgan fingerprint density at radius 1 is 1.15 bits per heavy atom. The van der Waals surface area contributed by atoms with E-state index in [1.54, 1.807) is 48.5 Å². The Morgan fingerprint density at radius 3 is 2.50 bits per heavy atom. The molecule has 1 aliphatic rings. The number of amides is 3. The van der Waals surface area contributed by atoms with Gasteiger partial charge in [0, 0.05) is 4.47 Å². The highest BCUT2D eigenvalue weighted by molar-refractivity contribution is 9.10. The standard InChI is InChI=1S/C18H16BrN3O4/c1-26-12-8-6-11(7-9-12)22-16(23)10-15(18(22)25)20-21-17(24)13-4-2-3-5-14(13)19/h2-9,15,20H,10H2,1H3,(H,21,24)/t15-/m1/s1. The van der Waals surface area contributed by atoms with Gasteiger partial charge in [-0.25, -0.2) is 10.3 Å². The third kappa shape index (κ3) is 3.61. The van der Waals surface area contributed by atoms with Gasteiger partial charge in [-0.05, 0) is 52.3 Å². The number of benzene rings is 2.